The second-order valence-corrected chi connectivity index (χ2v) is 3.88. The van der Waals surface area contributed by atoms with Gasteiger partial charge in [0.1, 0.15) is 0 Å². The summed E-state index contributed by atoms with van der Waals surface area (Å²) in [6.45, 7) is 2.85. The summed E-state index contributed by atoms with van der Waals surface area (Å²) in [7, 11) is 0. The number of hydrogen-bond acceptors (Lipinski definition) is 1. The highest BCUT2D eigenvalue weighted by Gasteiger charge is 2.05. The highest BCUT2D eigenvalue weighted by molar-refractivity contribution is 6.31. The van der Waals surface area contributed by atoms with Gasteiger partial charge in [0.15, 0.2) is 0 Å². The molecule has 0 saturated heterocycles. The zero-order valence-electron chi connectivity index (χ0n) is 8.92. The molecule has 0 radical (unpaired) electrons. The van der Waals surface area contributed by atoms with E-state index in [1.165, 1.54) is 0 Å². The molecule has 2 nitrogen and oxygen atoms in total. The lowest BCUT2D eigenvalue weighted by Crippen LogP contribution is -2.26. The van der Waals surface area contributed by atoms with Crippen LogP contribution in [-0.4, -0.2) is 12.5 Å². The predicted molar refractivity (Wildman–Crippen MR) is 63.1 cm³/mol. The number of unbranched alkanes of at least 4 members (excludes halogenated alkanes) is 1. The van der Waals surface area contributed by atoms with Gasteiger partial charge in [-0.3, -0.25) is 4.79 Å². The number of rotatable bonds is 5. The van der Waals surface area contributed by atoms with Crippen molar-refractivity contribution in [1.82, 2.24) is 5.32 Å². The van der Waals surface area contributed by atoms with Crippen molar-refractivity contribution in [3.05, 3.63) is 34.9 Å². The van der Waals surface area contributed by atoms with Crippen LogP contribution >= 0.6 is 11.6 Å². The van der Waals surface area contributed by atoms with E-state index in [9.17, 15) is 4.79 Å². The maximum atomic E-state index is 11.5. The summed E-state index contributed by atoms with van der Waals surface area (Å²) in [6, 6.07) is 7.43. The number of carbonyl (C=O) groups excluding carboxylic acids is 1. The van der Waals surface area contributed by atoms with Gasteiger partial charge in [-0.25, -0.2) is 0 Å². The monoisotopic (exact) mass is 225 g/mol. The molecule has 15 heavy (non-hydrogen) atoms. The van der Waals surface area contributed by atoms with Gasteiger partial charge in [-0.2, -0.15) is 0 Å². The molecule has 0 aliphatic heterocycles. The molecule has 1 amide bonds. The summed E-state index contributed by atoms with van der Waals surface area (Å²) in [5.74, 6) is 0.0385. The van der Waals surface area contributed by atoms with E-state index in [1.807, 2.05) is 18.2 Å². The maximum Gasteiger partial charge on any atom is 0.224 e. The molecule has 1 aromatic carbocycles. The van der Waals surface area contributed by atoms with Crippen molar-refractivity contribution in [2.24, 2.45) is 0 Å². The topological polar surface area (TPSA) is 29.1 Å². The van der Waals surface area contributed by atoms with Crippen LogP contribution in [0.1, 0.15) is 25.3 Å². The minimum absolute atomic E-state index is 0.0385. The Morgan fingerprint density at radius 2 is 2.13 bits per heavy atom. The molecule has 0 saturated carbocycles. The van der Waals surface area contributed by atoms with Crippen molar-refractivity contribution in [3.63, 3.8) is 0 Å². The van der Waals surface area contributed by atoms with Gasteiger partial charge in [0.05, 0.1) is 6.42 Å². The van der Waals surface area contributed by atoms with Crippen molar-refractivity contribution in [3.8, 4) is 0 Å². The van der Waals surface area contributed by atoms with E-state index < -0.39 is 0 Å². The van der Waals surface area contributed by atoms with Crippen LogP contribution in [0.25, 0.3) is 0 Å². The number of benzene rings is 1. The fourth-order valence-corrected chi connectivity index (χ4v) is 1.48. The molecule has 1 aromatic rings. The third kappa shape index (κ3) is 4.34. The Morgan fingerprint density at radius 1 is 1.40 bits per heavy atom. The van der Waals surface area contributed by atoms with Gasteiger partial charge in [-0.05, 0) is 18.1 Å². The van der Waals surface area contributed by atoms with Crippen LogP contribution in [0, 0.1) is 0 Å². The van der Waals surface area contributed by atoms with Gasteiger partial charge in [-0.1, -0.05) is 43.1 Å². The molecule has 0 bridgehead atoms. The smallest absolute Gasteiger partial charge is 0.224 e. The number of carbonyl (C=O) groups is 1. The van der Waals surface area contributed by atoms with Gasteiger partial charge in [0, 0.05) is 11.6 Å². The quantitative estimate of drug-likeness (QED) is 0.768. The molecule has 0 aliphatic rings. The van der Waals surface area contributed by atoms with Crippen LogP contribution in [0.3, 0.4) is 0 Å². The zero-order valence-corrected chi connectivity index (χ0v) is 9.68. The standard InChI is InChI=1S/C12H16ClNO/c1-2-3-8-14-12(15)9-10-6-4-5-7-11(10)13/h4-7H,2-3,8-9H2,1H3,(H,14,15). The second kappa shape index (κ2) is 6.46. The van der Waals surface area contributed by atoms with E-state index in [2.05, 4.69) is 12.2 Å². The first-order chi connectivity index (χ1) is 7.24. The highest BCUT2D eigenvalue weighted by Crippen LogP contribution is 2.15. The van der Waals surface area contributed by atoms with Crippen molar-refractivity contribution < 1.29 is 4.79 Å². The lowest BCUT2D eigenvalue weighted by atomic mass is 10.1. The van der Waals surface area contributed by atoms with Crippen LogP contribution in [0.5, 0.6) is 0 Å². The lowest BCUT2D eigenvalue weighted by molar-refractivity contribution is -0.120. The van der Waals surface area contributed by atoms with Crippen molar-refractivity contribution in [1.29, 1.82) is 0 Å². The summed E-state index contributed by atoms with van der Waals surface area (Å²) in [4.78, 5) is 11.5. The van der Waals surface area contributed by atoms with Gasteiger partial charge >= 0.3 is 0 Å². The Kier molecular flexibility index (Phi) is 5.19. The van der Waals surface area contributed by atoms with Crippen LogP contribution < -0.4 is 5.32 Å². The number of nitrogens with one attached hydrogen (secondary N) is 1. The van der Waals surface area contributed by atoms with E-state index in [4.69, 9.17) is 11.6 Å². The molecule has 0 fully saturated rings. The molecule has 82 valence electrons. The minimum atomic E-state index is 0.0385. The molecular formula is C12H16ClNO. The van der Waals surface area contributed by atoms with Crippen LogP contribution in [0.4, 0.5) is 0 Å². The number of hydrogen-bond donors (Lipinski definition) is 1. The molecule has 0 aromatic heterocycles. The Labute approximate surface area is 95.6 Å². The van der Waals surface area contributed by atoms with Crippen LogP contribution in [-0.2, 0) is 11.2 Å². The maximum absolute atomic E-state index is 11.5. The third-order valence-corrected chi connectivity index (χ3v) is 2.53. The molecule has 1 N–H and O–H groups in total. The molecule has 0 spiro atoms. The van der Waals surface area contributed by atoms with E-state index in [1.54, 1.807) is 6.07 Å². The Bertz CT molecular complexity index is 325. The summed E-state index contributed by atoms with van der Waals surface area (Å²) in [5.41, 5.74) is 0.883. The van der Waals surface area contributed by atoms with Gasteiger partial charge in [0.25, 0.3) is 0 Å². The van der Waals surface area contributed by atoms with Gasteiger partial charge in [-0.15, -0.1) is 0 Å². The van der Waals surface area contributed by atoms with E-state index in [0.29, 0.717) is 11.4 Å². The lowest BCUT2D eigenvalue weighted by Gasteiger charge is -2.05. The van der Waals surface area contributed by atoms with Crippen LogP contribution in [0.2, 0.25) is 5.02 Å². The first-order valence-corrected chi connectivity index (χ1v) is 5.62. The highest BCUT2D eigenvalue weighted by atomic mass is 35.5. The Hall–Kier alpha value is -1.02. The Morgan fingerprint density at radius 3 is 2.80 bits per heavy atom. The molecule has 0 atom stereocenters. The predicted octanol–water partition coefficient (Wildman–Crippen LogP) is 2.80. The average molecular weight is 226 g/mol. The summed E-state index contributed by atoms with van der Waals surface area (Å²) in [5, 5.41) is 3.52. The average Bonchev–Trinajstić information content (AvgIpc) is 2.22. The molecule has 1 rings (SSSR count). The SMILES string of the molecule is CCCCNC(=O)Cc1ccccc1Cl. The zero-order chi connectivity index (χ0) is 11.1. The molecular weight excluding hydrogens is 210 g/mol. The summed E-state index contributed by atoms with van der Waals surface area (Å²) >= 11 is 5.95. The second-order valence-electron chi connectivity index (χ2n) is 3.47. The third-order valence-electron chi connectivity index (χ3n) is 2.16. The van der Waals surface area contributed by atoms with Crippen molar-refractivity contribution in [2.75, 3.05) is 6.54 Å². The molecule has 3 heteroatoms. The first-order valence-electron chi connectivity index (χ1n) is 5.24. The number of halogens is 1. The summed E-state index contributed by atoms with van der Waals surface area (Å²) in [6.07, 6.45) is 2.48. The Balaban J connectivity index is 2.41. The van der Waals surface area contributed by atoms with Gasteiger partial charge < -0.3 is 5.32 Å². The molecule has 0 heterocycles. The van der Waals surface area contributed by atoms with Crippen molar-refractivity contribution >= 4 is 17.5 Å². The van der Waals surface area contributed by atoms with Crippen LogP contribution in [0.15, 0.2) is 24.3 Å². The van der Waals surface area contributed by atoms with Gasteiger partial charge in [0.2, 0.25) is 5.91 Å². The largest absolute Gasteiger partial charge is 0.356 e. The summed E-state index contributed by atoms with van der Waals surface area (Å²) < 4.78 is 0. The first kappa shape index (κ1) is 12.1. The number of amides is 1. The van der Waals surface area contributed by atoms with E-state index in [0.717, 1.165) is 24.9 Å². The fraction of sp³-hybridized carbons (Fsp3) is 0.417. The normalized spacial score (nSPS) is 10.0. The van der Waals surface area contributed by atoms with E-state index in [-0.39, 0.29) is 5.91 Å². The molecule has 0 aliphatic carbocycles. The fourth-order valence-electron chi connectivity index (χ4n) is 1.28. The van der Waals surface area contributed by atoms with E-state index >= 15 is 0 Å². The van der Waals surface area contributed by atoms with Crippen molar-refractivity contribution in [2.45, 2.75) is 26.2 Å². The minimum Gasteiger partial charge on any atom is -0.356 e. The molecule has 0 unspecified atom stereocenters.